The summed E-state index contributed by atoms with van der Waals surface area (Å²) in [6.45, 7) is 0.200. The van der Waals surface area contributed by atoms with Crippen molar-refractivity contribution in [3.8, 4) is 0 Å². The van der Waals surface area contributed by atoms with Crippen molar-refractivity contribution >= 4 is 0 Å². The molecular formula is C15H17NO. The normalized spacial score (nSPS) is 12.3. The third kappa shape index (κ3) is 3.68. The number of rotatable bonds is 5. The lowest BCUT2D eigenvalue weighted by Crippen LogP contribution is -2.13. The van der Waals surface area contributed by atoms with Gasteiger partial charge in [-0.1, -0.05) is 36.4 Å². The van der Waals surface area contributed by atoms with E-state index in [1.165, 1.54) is 5.56 Å². The van der Waals surface area contributed by atoms with E-state index in [0.29, 0.717) is 0 Å². The Bertz CT molecular complexity index is 386. The van der Waals surface area contributed by atoms with Gasteiger partial charge in [0.15, 0.2) is 0 Å². The van der Waals surface area contributed by atoms with E-state index in [9.17, 15) is 5.11 Å². The van der Waals surface area contributed by atoms with Gasteiger partial charge >= 0.3 is 0 Å². The highest BCUT2D eigenvalue weighted by Crippen LogP contribution is 2.12. The largest absolute Gasteiger partial charge is 0.396 e. The van der Waals surface area contributed by atoms with Crippen molar-refractivity contribution in [1.29, 1.82) is 0 Å². The van der Waals surface area contributed by atoms with Crippen LogP contribution in [0.15, 0.2) is 54.7 Å². The predicted octanol–water partition coefficient (Wildman–Crippen LogP) is 2.48. The summed E-state index contributed by atoms with van der Waals surface area (Å²) < 4.78 is 0. The summed E-state index contributed by atoms with van der Waals surface area (Å²) in [7, 11) is 0. The molecule has 1 heterocycles. The molecule has 0 aliphatic carbocycles. The van der Waals surface area contributed by atoms with E-state index in [1.807, 2.05) is 36.4 Å². The number of benzene rings is 1. The molecule has 0 aliphatic heterocycles. The quantitative estimate of drug-likeness (QED) is 0.851. The van der Waals surface area contributed by atoms with Gasteiger partial charge in [0, 0.05) is 18.5 Å². The number of hydrogen-bond acceptors (Lipinski definition) is 2. The first-order chi connectivity index (χ1) is 8.38. The molecule has 0 saturated heterocycles. The van der Waals surface area contributed by atoms with Crippen molar-refractivity contribution in [2.75, 3.05) is 6.61 Å². The molecule has 0 saturated carbocycles. The summed E-state index contributed by atoms with van der Waals surface area (Å²) in [5.41, 5.74) is 2.31. The summed E-state index contributed by atoms with van der Waals surface area (Å²) in [6, 6.07) is 16.2. The fourth-order valence-electron chi connectivity index (χ4n) is 1.96. The number of hydrogen-bond donors (Lipinski definition) is 1. The molecule has 88 valence electrons. The lowest BCUT2D eigenvalue weighted by molar-refractivity contribution is 0.224. The highest BCUT2D eigenvalue weighted by molar-refractivity contribution is 5.16. The van der Waals surface area contributed by atoms with Crippen molar-refractivity contribution in [2.45, 2.75) is 12.8 Å². The minimum atomic E-state index is 0.200. The van der Waals surface area contributed by atoms with Gasteiger partial charge in [-0.05, 0) is 36.5 Å². The van der Waals surface area contributed by atoms with Crippen LogP contribution in [0.25, 0.3) is 0 Å². The second-order valence-electron chi connectivity index (χ2n) is 4.26. The summed E-state index contributed by atoms with van der Waals surface area (Å²) in [4.78, 5) is 4.30. The first-order valence-corrected chi connectivity index (χ1v) is 5.93. The van der Waals surface area contributed by atoms with Gasteiger partial charge in [0.2, 0.25) is 0 Å². The molecular weight excluding hydrogens is 210 g/mol. The first kappa shape index (κ1) is 11.8. The second kappa shape index (κ2) is 6.16. The summed E-state index contributed by atoms with van der Waals surface area (Å²) in [6.07, 6.45) is 3.52. The Morgan fingerprint density at radius 1 is 0.941 bits per heavy atom. The van der Waals surface area contributed by atoms with Crippen LogP contribution >= 0.6 is 0 Å². The number of aliphatic hydroxyl groups excluding tert-OH is 1. The van der Waals surface area contributed by atoms with Gasteiger partial charge in [0.25, 0.3) is 0 Å². The third-order valence-electron chi connectivity index (χ3n) is 2.85. The van der Waals surface area contributed by atoms with E-state index in [4.69, 9.17) is 0 Å². The van der Waals surface area contributed by atoms with Gasteiger partial charge in [-0.2, -0.15) is 0 Å². The molecule has 17 heavy (non-hydrogen) atoms. The lowest BCUT2D eigenvalue weighted by atomic mass is 9.95. The van der Waals surface area contributed by atoms with Crippen molar-refractivity contribution in [3.63, 3.8) is 0 Å². The fourth-order valence-corrected chi connectivity index (χ4v) is 1.96. The molecule has 0 fully saturated rings. The molecule has 1 aromatic heterocycles. The Hall–Kier alpha value is -1.67. The van der Waals surface area contributed by atoms with E-state index in [-0.39, 0.29) is 12.5 Å². The van der Waals surface area contributed by atoms with Gasteiger partial charge < -0.3 is 5.11 Å². The van der Waals surface area contributed by atoms with E-state index >= 15 is 0 Å². The van der Waals surface area contributed by atoms with Crippen LogP contribution in [0, 0.1) is 5.92 Å². The smallest absolute Gasteiger partial charge is 0.0466 e. The molecule has 2 heteroatoms. The maximum atomic E-state index is 9.42. The average molecular weight is 227 g/mol. The maximum absolute atomic E-state index is 9.42. The van der Waals surface area contributed by atoms with Crippen LogP contribution in [0.5, 0.6) is 0 Å². The number of aliphatic hydroxyl groups is 1. The summed E-state index contributed by atoms with van der Waals surface area (Å²) in [5, 5.41) is 9.42. The average Bonchev–Trinajstić information content (AvgIpc) is 2.40. The highest BCUT2D eigenvalue weighted by atomic mass is 16.3. The molecule has 0 bridgehead atoms. The van der Waals surface area contributed by atoms with Crippen LogP contribution in [0.2, 0.25) is 0 Å². The fraction of sp³-hybridized carbons (Fsp3) is 0.267. The molecule has 2 aromatic rings. The van der Waals surface area contributed by atoms with Gasteiger partial charge in [0.05, 0.1) is 0 Å². The zero-order valence-corrected chi connectivity index (χ0v) is 9.79. The Labute approximate surface area is 102 Å². The van der Waals surface area contributed by atoms with E-state index in [0.717, 1.165) is 18.5 Å². The Balaban J connectivity index is 1.98. The monoisotopic (exact) mass is 227 g/mol. The van der Waals surface area contributed by atoms with E-state index < -0.39 is 0 Å². The van der Waals surface area contributed by atoms with Crippen molar-refractivity contribution in [2.24, 2.45) is 5.92 Å². The van der Waals surface area contributed by atoms with Crippen molar-refractivity contribution in [3.05, 3.63) is 66.0 Å². The first-order valence-electron chi connectivity index (χ1n) is 5.93. The summed E-state index contributed by atoms with van der Waals surface area (Å²) >= 11 is 0. The van der Waals surface area contributed by atoms with Crippen LogP contribution < -0.4 is 0 Å². The highest BCUT2D eigenvalue weighted by Gasteiger charge is 2.10. The van der Waals surface area contributed by atoms with Gasteiger partial charge in [-0.25, -0.2) is 0 Å². The molecule has 1 atom stereocenters. The SMILES string of the molecule is OCC(Cc1ccccc1)Cc1ccccn1. The Morgan fingerprint density at radius 2 is 1.71 bits per heavy atom. The molecule has 0 spiro atoms. The standard InChI is InChI=1S/C15H17NO/c17-12-14(10-13-6-2-1-3-7-13)11-15-8-4-5-9-16-15/h1-9,14,17H,10-12H2. The van der Waals surface area contributed by atoms with Gasteiger partial charge in [-0.3, -0.25) is 4.98 Å². The van der Waals surface area contributed by atoms with Crippen LogP contribution in [0.3, 0.4) is 0 Å². The summed E-state index contributed by atoms with van der Waals surface area (Å²) in [5.74, 6) is 0.243. The molecule has 1 unspecified atom stereocenters. The second-order valence-corrected chi connectivity index (χ2v) is 4.26. The third-order valence-corrected chi connectivity index (χ3v) is 2.85. The predicted molar refractivity (Wildman–Crippen MR) is 68.7 cm³/mol. The van der Waals surface area contributed by atoms with Gasteiger partial charge in [-0.15, -0.1) is 0 Å². The van der Waals surface area contributed by atoms with Crippen molar-refractivity contribution in [1.82, 2.24) is 4.98 Å². The minimum Gasteiger partial charge on any atom is -0.396 e. The van der Waals surface area contributed by atoms with Gasteiger partial charge in [0.1, 0.15) is 0 Å². The minimum absolute atomic E-state index is 0.200. The molecule has 0 aliphatic rings. The number of nitrogens with zero attached hydrogens (tertiary/aromatic N) is 1. The van der Waals surface area contributed by atoms with E-state index in [2.05, 4.69) is 17.1 Å². The molecule has 2 rings (SSSR count). The van der Waals surface area contributed by atoms with Crippen molar-refractivity contribution < 1.29 is 5.11 Å². The van der Waals surface area contributed by atoms with Crippen LogP contribution in [-0.4, -0.2) is 16.7 Å². The Kier molecular flexibility index (Phi) is 4.28. The topological polar surface area (TPSA) is 33.1 Å². The molecule has 1 aromatic carbocycles. The molecule has 0 amide bonds. The lowest BCUT2D eigenvalue weighted by Gasteiger charge is -2.13. The van der Waals surface area contributed by atoms with E-state index in [1.54, 1.807) is 6.20 Å². The molecule has 1 N–H and O–H groups in total. The molecule has 2 nitrogen and oxygen atoms in total. The molecule has 0 radical (unpaired) electrons. The number of aromatic nitrogens is 1. The zero-order valence-electron chi connectivity index (χ0n) is 9.79. The number of pyridine rings is 1. The Morgan fingerprint density at radius 3 is 2.35 bits per heavy atom. The maximum Gasteiger partial charge on any atom is 0.0466 e. The van der Waals surface area contributed by atoms with Crippen LogP contribution in [0.1, 0.15) is 11.3 Å². The van der Waals surface area contributed by atoms with Crippen LogP contribution in [0.4, 0.5) is 0 Å². The van der Waals surface area contributed by atoms with Crippen LogP contribution in [-0.2, 0) is 12.8 Å². The zero-order chi connectivity index (χ0) is 11.9.